The molecular weight excluding hydrogens is 272 g/mol. The summed E-state index contributed by atoms with van der Waals surface area (Å²) in [5.74, 6) is -0.111. The molecule has 0 aliphatic heterocycles. The third-order valence-corrected chi connectivity index (χ3v) is 4.12. The Balaban J connectivity index is 2.04. The Morgan fingerprint density at radius 2 is 2.20 bits per heavy atom. The molecule has 6 heteroatoms. The van der Waals surface area contributed by atoms with Crippen LogP contribution in [0, 0.1) is 6.92 Å². The van der Waals surface area contributed by atoms with E-state index in [0.29, 0.717) is 17.1 Å². The first-order valence-electron chi connectivity index (χ1n) is 6.78. The molecule has 108 valence electrons. The number of nitrogens with zero attached hydrogens (tertiary/aromatic N) is 1. The van der Waals surface area contributed by atoms with Crippen molar-refractivity contribution in [1.29, 1.82) is 0 Å². The average Bonchev–Trinajstić information content (AvgIpc) is 2.75. The van der Waals surface area contributed by atoms with E-state index in [2.05, 4.69) is 22.5 Å². The van der Waals surface area contributed by atoms with Crippen molar-refractivity contribution in [1.82, 2.24) is 15.6 Å². The maximum Gasteiger partial charge on any atom is 0.263 e. The number of pyridine rings is 1. The summed E-state index contributed by atoms with van der Waals surface area (Å²) in [5.41, 5.74) is 7.50. The summed E-state index contributed by atoms with van der Waals surface area (Å²) >= 11 is 1.35. The normalized spacial score (nSPS) is 10.9. The van der Waals surface area contributed by atoms with Gasteiger partial charge in [-0.25, -0.2) is 4.98 Å². The highest BCUT2D eigenvalue weighted by atomic mass is 32.1. The van der Waals surface area contributed by atoms with Gasteiger partial charge in [-0.3, -0.25) is 4.79 Å². The van der Waals surface area contributed by atoms with Gasteiger partial charge in [0.2, 0.25) is 0 Å². The monoisotopic (exact) mass is 292 g/mol. The van der Waals surface area contributed by atoms with Crippen molar-refractivity contribution < 1.29 is 4.79 Å². The average molecular weight is 292 g/mol. The summed E-state index contributed by atoms with van der Waals surface area (Å²) in [6, 6.07) is 3.83. The van der Waals surface area contributed by atoms with E-state index >= 15 is 0 Å². The van der Waals surface area contributed by atoms with Crippen molar-refractivity contribution in [3.63, 3.8) is 0 Å². The number of carbonyl (C=O) groups is 1. The predicted octanol–water partition coefficient (Wildman–Crippen LogP) is 1.92. The second kappa shape index (κ2) is 6.67. The summed E-state index contributed by atoms with van der Waals surface area (Å²) in [4.78, 5) is 17.9. The number of rotatable bonds is 6. The van der Waals surface area contributed by atoms with Gasteiger partial charge in [0.15, 0.2) is 0 Å². The number of aromatic nitrogens is 1. The molecule has 1 amide bonds. The topological polar surface area (TPSA) is 80.0 Å². The van der Waals surface area contributed by atoms with Crippen LogP contribution in [-0.2, 0) is 0 Å². The molecule has 0 saturated carbocycles. The van der Waals surface area contributed by atoms with E-state index < -0.39 is 0 Å². The maximum atomic E-state index is 12.1. The number of hydrogen-bond acceptors (Lipinski definition) is 5. The van der Waals surface area contributed by atoms with E-state index in [1.54, 1.807) is 0 Å². The number of hydrogen-bond donors (Lipinski definition) is 3. The lowest BCUT2D eigenvalue weighted by atomic mass is 10.2. The first-order chi connectivity index (χ1) is 9.63. The van der Waals surface area contributed by atoms with E-state index in [-0.39, 0.29) is 5.91 Å². The number of nitrogen functional groups attached to an aromatic ring is 1. The van der Waals surface area contributed by atoms with E-state index in [1.165, 1.54) is 11.3 Å². The summed E-state index contributed by atoms with van der Waals surface area (Å²) in [5, 5.41) is 6.98. The second-order valence-electron chi connectivity index (χ2n) is 4.61. The van der Waals surface area contributed by atoms with Crippen molar-refractivity contribution in [3.8, 4) is 0 Å². The quantitative estimate of drug-likeness (QED) is 0.711. The van der Waals surface area contributed by atoms with Crippen LogP contribution < -0.4 is 16.4 Å². The van der Waals surface area contributed by atoms with Crippen LogP contribution in [-0.4, -0.2) is 30.5 Å². The number of nitrogens with two attached hydrogens (primary N) is 1. The summed E-state index contributed by atoms with van der Waals surface area (Å²) in [6.45, 7) is 6.48. The Kier molecular flexibility index (Phi) is 4.92. The second-order valence-corrected chi connectivity index (χ2v) is 5.61. The predicted molar refractivity (Wildman–Crippen MR) is 84.3 cm³/mol. The molecule has 4 N–H and O–H groups in total. The fraction of sp³-hybridized carbons (Fsp3) is 0.429. The summed E-state index contributed by atoms with van der Waals surface area (Å²) in [7, 11) is 0. The van der Waals surface area contributed by atoms with Gasteiger partial charge in [0.25, 0.3) is 5.91 Å². The van der Waals surface area contributed by atoms with E-state index in [0.717, 1.165) is 35.4 Å². The van der Waals surface area contributed by atoms with Gasteiger partial charge in [0.05, 0.1) is 5.69 Å². The molecule has 5 nitrogen and oxygen atoms in total. The van der Waals surface area contributed by atoms with Crippen LogP contribution in [0.25, 0.3) is 10.2 Å². The van der Waals surface area contributed by atoms with Crippen molar-refractivity contribution in [2.45, 2.75) is 20.3 Å². The molecule has 2 heterocycles. The number of anilines is 1. The van der Waals surface area contributed by atoms with Gasteiger partial charge in [-0.2, -0.15) is 0 Å². The largest absolute Gasteiger partial charge is 0.397 e. The third kappa shape index (κ3) is 3.26. The van der Waals surface area contributed by atoms with Crippen molar-refractivity contribution in [2.24, 2.45) is 0 Å². The van der Waals surface area contributed by atoms with Gasteiger partial charge < -0.3 is 16.4 Å². The van der Waals surface area contributed by atoms with Crippen LogP contribution in [0.2, 0.25) is 0 Å². The number of fused-ring (bicyclic) bond motifs is 1. The third-order valence-electron chi connectivity index (χ3n) is 3.01. The SMILES string of the molecule is CCNCCCNC(=O)c1sc2nc(C)ccc2c1N. The molecule has 0 aliphatic rings. The fourth-order valence-corrected chi connectivity index (χ4v) is 2.99. The lowest BCUT2D eigenvalue weighted by Gasteiger charge is -2.04. The minimum Gasteiger partial charge on any atom is -0.397 e. The minimum atomic E-state index is -0.111. The maximum absolute atomic E-state index is 12.1. The molecule has 0 bridgehead atoms. The number of amides is 1. The van der Waals surface area contributed by atoms with Crippen LogP contribution in [0.15, 0.2) is 12.1 Å². The Morgan fingerprint density at radius 1 is 1.40 bits per heavy atom. The van der Waals surface area contributed by atoms with E-state index in [1.807, 2.05) is 19.1 Å². The molecule has 0 saturated heterocycles. The zero-order valence-corrected chi connectivity index (χ0v) is 12.6. The molecule has 2 rings (SSSR count). The van der Waals surface area contributed by atoms with Crippen molar-refractivity contribution >= 4 is 33.1 Å². The smallest absolute Gasteiger partial charge is 0.263 e. The molecule has 0 aromatic carbocycles. The summed E-state index contributed by atoms with van der Waals surface area (Å²) < 4.78 is 0. The van der Waals surface area contributed by atoms with E-state index in [9.17, 15) is 4.79 Å². The minimum absolute atomic E-state index is 0.111. The molecular formula is C14H20N4OS. The number of thiophene rings is 1. The molecule has 0 radical (unpaired) electrons. The highest BCUT2D eigenvalue weighted by molar-refractivity contribution is 7.21. The zero-order valence-electron chi connectivity index (χ0n) is 11.8. The zero-order chi connectivity index (χ0) is 14.5. The van der Waals surface area contributed by atoms with Crippen LogP contribution in [0.5, 0.6) is 0 Å². The van der Waals surface area contributed by atoms with Crippen molar-refractivity contribution in [2.75, 3.05) is 25.4 Å². The first kappa shape index (κ1) is 14.7. The molecule has 20 heavy (non-hydrogen) atoms. The van der Waals surface area contributed by atoms with Gasteiger partial charge in [-0.1, -0.05) is 6.92 Å². The molecule has 2 aromatic rings. The molecule has 2 aromatic heterocycles. The molecule has 0 aliphatic carbocycles. The van der Waals surface area contributed by atoms with Gasteiger partial charge in [-0.15, -0.1) is 11.3 Å². The van der Waals surface area contributed by atoms with Crippen molar-refractivity contribution in [3.05, 3.63) is 22.7 Å². The standard InChI is InChI=1S/C14H20N4OS/c1-3-16-7-4-8-17-13(19)12-11(15)10-6-5-9(2)18-14(10)20-12/h5-6,16H,3-4,7-8,15H2,1-2H3,(H,17,19). The van der Waals surface area contributed by atoms with Gasteiger partial charge in [0, 0.05) is 17.6 Å². The Hall–Kier alpha value is -1.66. The van der Waals surface area contributed by atoms with Gasteiger partial charge in [0.1, 0.15) is 9.71 Å². The Labute approximate surface area is 122 Å². The lowest BCUT2D eigenvalue weighted by molar-refractivity contribution is 0.0958. The van der Waals surface area contributed by atoms with Crippen LogP contribution in [0.1, 0.15) is 28.7 Å². The summed E-state index contributed by atoms with van der Waals surface area (Å²) in [6.07, 6.45) is 0.905. The molecule has 0 atom stereocenters. The number of carbonyl (C=O) groups excluding carboxylic acids is 1. The highest BCUT2D eigenvalue weighted by Gasteiger charge is 2.16. The van der Waals surface area contributed by atoms with E-state index in [4.69, 9.17) is 5.73 Å². The number of nitrogens with one attached hydrogen (secondary N) is 2. The first-order valence-corrected chi connectivity index (χ1v) is 7.59. The fourth-order valence-electron chi connectivity index (χ4n) is 1.93. The lowest BCUT2D eigenvalue weighted by Crippen LogP contribution is -2.27. The molecule has 0 fully saturated rings. The van der Waals surface area contributed by atoms with Gasteiger partial charge >= 0.3 is 0 Å². The Bertz CT molecular complexity index is 608. The van der Waals surface area contributed by atoms with Gasteiger partial charge in [-0.05, 0) is 38.6 Å². The van der Waals surface area contributed by atoms with Crippen LogP contribution in [0.3, 0.4) is 0 Å². The number of aryl methyl sites for hydroxylation is 1. The molecule has 0 unspecified atom stereocenters. The highest BCUT2D eigenvalue weighted by Crippen LogP contribution is 2.32. The van der Waals surface area contributed by atoms with Crippen LogP contribution in [0.4, 0.5) is 5.69 Å². The van der Waals surface area contributed by atoms with Crippen LogP contribution >= 0.6 is 11.3 Å². The Morgan fingerprint density at radius 3 is 2.95 bits per heavy atom. The molecule has 0 spiro atoms.